The summed E-state index contributed by atoms with van der Waals surface area (Å²) < 4.78 is 10.7. The third-order valence-electron chi connectivity index (χ3n) is 2.63. The van der Waals surface area contributed by atoms with Crippen LogP contribution >= 0.6 is 11.6 Å². The topological polar surface area (TPSA) is 35.5 Å². The lowest BCUT2D eigenvalue weighted by Gasteiger charge is -2.10. The molecule has 4 heteroatoms. The average molecular weight is 277 g/mol. The van der Waals surface area contributed by atoms with Crippen molar-refractivity contribution in [2.45, 2.75) is 6.61 Å². The van der Waals surface area contributed by atoms with Gasteiger partial charge in [-0.05, 0) is 11.6 Å². The van der Waals surface area contributed by atoms with Crippen molar-refractivity contribution in [2.75, 3.05) is 7.11 Å². The lowest BCUT2D eigenvalue weighted by Crippen LogP contribution is -1.98. The normalized spacial score (nSPS) is 10.0. The maximum absolute atomic E-state index is 11.0. The maximum Gasteiger partial charge on any atom is 0.153 e. The van der Waals surface area contributed by atoms with Crippen molar-refractivity contribution in [1.29, 1.82) is 0 Å². The zero-order chi connectivity index (χ0) is 13.7. The first-order valence-corrected chi connectivity index (χ1v) is 6.12. The second-order valence-corrected chi connectivity index (χ2v) is 4.33. The van der Waals surface area contributed by atoms with E-state index in [-0.39, 0.29) is 0 Å². The van der Waals surface area contributed by atoms with E-state index in [1.807, 2.05) is 30.3 Å². The smallest absolute Gasteiger partial charge is 0.153 e. The molecule has 0 heterocycles. The van der Waals surface area contributed by atoms with E-state index in [0.29, 0.717) is 35.0 Å². The first kappa shape index (κ1) is 13.4. The number of hydrogen-bond acceptors (Lipinski definition) is 3. The Morgan fingerprint density at radius 3 is 2.58 bits per heavy atom. The standard InChI is InChI=1S/C15H13ClO3/c1-18-15-12(9-17)7-13(8-14(15)16)19-10-11-5-3-2-4-6-11/h2-9H,10H2,1H3. The second-order valence-electron chi connectivity index (χ2n) is 3.92. The molecule has 2 rings (SSSR count). The predicted molar refractivity (Wildman–Crippen MR) is 74.2 cm³/mol. The summed E-state index contributed by atoms with van der Waals surface area (Å²) in [6, 6.07) is 13.0. The van der Waals surface area contributed by atoms with Gasteiger partial charge in [0.05, 0.1) is 17.7 Å². The molecule has 0 aromatic heterocycles. The van der Waals surface area contributed by atoms with Crippen LogP contribution in [0.3, 0.4) is 0 Å². The number of carbonyl (C=O) groups is 1. The molecule has 0 radical (unpaired) electrons. The third-order valence-corrected chi connectivity index (χ3v) is 2.91. The average Bonchev–Trinajstić information content (AvgIpc) is 2.45. The van der Waals surface area contributed by atoms with Gasteiger partial charge < -0.3 is 9.47 Å². The third kappa shape index (κ3) is 3.26. The van der Waals surface area contributed by atoms with Gasteiger partial charge in [0.1, 0.15) is 18.1 Å². The molecule has 0 aliphatic heterocycles. The number of carbonyl (C=O) groups excluding carboxylic acids is 1. The predicted octanol–water partition coefficient (Wildman–Crippen LogP) is 3.74. The Balaban J connectivity index is 2.17. The van der Waals surface area contributed by atoms with Crippen LogP contribution in [0.1, 0.15) is 15.9 Å². The number of aldehydes is 1. The highest BCUT2D eigenvalue weighted by molar-refractivity contribution is 6.32. The summed E-state index contributed by atoms with van der Waals surface area (Å²) in [5.74, 6) is 0.903. The molecule has 3 nitrogen and oxygen atoms in total. The van der Waals surface area contributed by atoms with Crippen molar-refractivity contribution < 1.29 is 14.3 Å². The molecular formula is C15H13ClO3. The van der Waals surface area contributed by atoms with E-state index in [1.165, 1.54) is 7.11 Å². The Labute approximate surface area is 116 Å². The van der Waals surface area contributed by atoms with Crippen LogP contribution in [0, 0.1) is 0 Å². The van der Waals surface area contributed by atoms with E-state index in [9.17, 15) is 4.79 Å². The number of halogens is 1. The molecular weight excluding hydrogens is 264 g/mol. The van der Waals surface area contributed by atoms with Gasteiger partial charge in [-0.2, -0.15) is 0 Å². The van der Waals surface area contributed by atoms with Crippen molar-refractivity contribution in [3.8, 4) is 11.5 Å². The summed E-state index contributed by atoms with van der Waals surface area (Å²) in [7, 11) is 1.47. The minimum atomic E-state index is 0.357. The molecule has 0 spiro atoms. The largest absolute Gasteiger partial charge is 0.494 e. The van der Waals surface area contributed by atoms with Crippen molar-refractivity contribution in [3.05, 3.63) is 58.6 Å². The monoisotopic (exact) mass is 276 g/mol. The summed E-state index contributed by atoms with van der Waals surface area (Å²) in [6.45, 7) is 0.418. The van der Waals surface area contributed by atoms with E-state index >= 15 is 0 Å². The summed E-state index contributed by atoms with van der Waals surface area (Å²) >= 11 is 6.03. The van der Waals surface area contributed by atoms with Crippen LogP contribution in [-0.2, 0) is 6.61 Å². The highest BCUT2D eigenvalue weighted by atomic mass is 35.5. The summed E-state index contributed by atoms with van der Waals surface area (Å²) in [5.41, 5.74) is 1.42. The fourth-order valence-corrected chi connectivity index (χ4v) is 2.01. The van der Waals surface area contributed by atoms with Gasteiger partial charge in [0.25, 0.3) is 0 Å². The van der Waals surface area contributed by atoms with Gasteiger partial charge in [0.15, 0.2) is 6.29 Å². The highest BCUT2D eigenvalue weighted by Gasteiger charge is 2.10. The summed E-state index contributed by atoms with van der Waals surface area (Å²) in [4.78, 5) is 11.0. The molecule has 2 aromatic carbocycles. The number of hydrogen-bond donors (Lipinski definition) is 0. The van der Waals surface area contributed by atoms with E-state index in [4.69, 9.17) is 21.1 Å². The fraction of sp³-hybridized carbons (Fsp3) is 0.133. The van der Waals surface area contributed by atoms with E-state index < -0.39 is 0 Å². The summed E-state index contributed by atoms with van der Waals surface area (Å²) in [5, 5.41) is 0.357. The quantitative estimate of drug-likeness (QED) is 0.781. The first-order chi connectivity index (χ1) is 9.24. The maximum atomic E-state index is 11.0. The van der Waals surface area contributed by atoms with Gasteiger partial charge in [0, 0.05) is 6.07 Å². The Hall–Kier alpha value is -2.00. The molecule has 0 saturated heterocycles. The minimum absolute atomic E-state index is 0.357. The van der Waals surface area contributed by atoms with Gasteiger partial charge >= 0.3 is 0 Å². The molecule has 19 heavy (non-hydrogen) atoms. The Morgan fingerprint density at radius 2 is 1.95 bits per heavy atom. The number of methoxy groups -OCH3 is 1. The number of benzene rings is 2. The minimum Gasteiger partial charge on any atom is -0.494 e. The molecule has 0 N–H and O–H groups in total. The van der Waals surface area contributed by atoms with Gasteiger partial charge in [0.2, 0.25) is 0 Å². The second kappa shape index (κ2) is 6.25. The van der Waals surface area contributed by atoms with Crippen molar-refractivity contribution in [2.24, 2.45) is 0 Å². The first-order valence-electron chi connectivity index (χ1n) is 5.74. The van der Waals surface area contributed by atoms with Crippen molar-refractivity contribution in [1.82, 2.24) is 0 Å². The van der Waals surface area contributed by atoms with Gasteiger partial charge in [-0.15, -0.1) is 0 Å². The molecule has 0 fully saturated rings. The lowest BCUT2D eigenvalue weighted by atomic mass is 10.2. The van der Waals surface area contributed by atoms with E-state index in [0.717, 1.165) is 5.56 Å². The van der Waals surface area contributed by atoms with Crippen LogP contribution in [0.4, 0.5) is 0 Å². The van der Waals surface area contributed by atoms with Gasteiger partial charge in [-0.3, -0.25) is 4.79 Å². The van der Waals surface area contributed by atoms with E-state index in [1.54, 1.807) is 12.1 Å². The van der Waals surface area contributed by atoms with Crippen LogP contribution < -0.4 is 9.47 Å². The van der Waals surface area contributed by atoms with Crippen LogP contribution in [0.2, 0.25) is 5.02 Å². The van der Waals surface area contributed by atoms with Crippen molar-refractivity contribution in [3.63, 3.8) is 0 Å². The van der Waals surface area contributed by atoms with Crippen LogP contribution in [0.5, 0.6) is 11.5 Å². The molecule has 0 aliphatic rings. The molecule has 0 unspecified atom stereocenters. The number of ether oxygens (including phenoxy) is 2. The molecule has 2 aromatic rings. The molecule has 0 amide bonds. The number of rotatable bonds is 5. The Kier molecular flexibility index (Phi) is 4.42. The molecule has 98 valence electrons. The fourth-order valence-electron chi connectivity index (χ4n) is 1.72. The Bertz CT molecular complexity index is 567. The van der Waals surface area contributed by atoms with Crippen LogP contribution in [0.15, 0.2) is 42.5 Å². The molecule has 0 saturated carbocycles. The Morgan fingerprint density at radius 1 is 1.21 bits per heavy atom. The SMILES string of the molecule is COc1c(Cl)cc(OCc2ccccc2)cc1C=O. The highest BCUT2D eigenvalue weighted by Crippen LogP contribution is 2.32. The van der Waals surface area contributed by atoms with E-state index in [2.05, 4.69) is 0 Å². The van der Waals surface area contributed by atoms with Crippen LogP contribution in [0.25, 0.3) is 0 Å². The summed E-state index contributed by atoms with van der Waals surface area (Å²) in [6.07, 6.45) is 0.695. The van der Waals surface area contributed by atoms with Gasteiger partial charge in [-0.1, -0.05) is 41.9 Å². The lowest BCUT2D eigenvalue weighted by molar-refractivity contribution is 0.112. The molecule has 0 atom stereocenters. The van der Waals surface area contributed by atoms with Gasteiger partial charge in [-0.25, -0.2) is 0 Å². The molecule has 0 bridgehead atoms. The van der Waals surface area contributed by atoms with Crippen LogP contribution in [-0.4, -0.2) is 13.4 Å². The molecule has 0 aliphatic carbocycles. The zero-order valence-corrected chi connectivity index (χ0v) is 11.2. The van der Waals surface area contributed by atoms with Crippen molar-refractivity contribution >= 4 is 17.9 Å². The zero-order valence-electron chi connectivity index (χ0n) is 10.4.